The van der Waals surface area contributed by atoms with Crippen LogP contribution in [0.2, 0.25) is 0 Å². The van der Waals surface area contributed by atoms with Crippen LogP contribution in [0, 0.1) is 19.8 Å². The lowest BCUT2D eigenvalue weighted by Crippen LogP contribution is -2.50. The summed E-state index contributed by atoms with van der Waals surface area (Å²) in [6.45, 7) is 10.9. The van der Waals surface area contributed by atoms with Crippen molar-refractivity contribution in [2.24, 2.45) is 5.92 Å². The largest absolute Gasteiger partial charge is 0.354 e. The lowest BCUT2D eigenvalue weighted by atomic mass is 10.1. The van der Waals surface area contributed by atoms with Gasteiger partial charge in [0.05, 0.1) is 11.9 Å². The number of hydrogen-bond acceptors (Lipinski definition) is 4. The van der Waals surface area contributed by atoms with E-state index in [0.717, 1.165) is 16.7 Å². The summed E-state index contributed by atoms with van der Waals surface area (Å²) in [4.78, 5) is 28.2. The maximum Gasteiger partial charge on any atom is 0.242 e. The fourth-order valence-electron chi connectivity index (χ4n) is 4.29. The molecule has 0 spiro atoms. The van der Waals surface area contributed by atoms with Gasteiger partial charge < -0.3 is 10.2 Å². The Bertz CT molecular complexity index is 1130. The van der Waals surface area contributed by atoms with E-state index in [4.69, 9.17) is 0 Å². The number of nitrogens with zero attached hydrogens (tertiary/aromatic N) is 2. The fourth-order valence-corrected chi connectivity index (χ4v) is 5.30. The van der Waals surface area contributed by atoms with E-state index in [9.17, 15) is 18.0 Å². The van der Waals surface area contributed by atoms with E-state index >= 15 is 0 Å². The molecule has 1 N–H and O–H groups in total. The predicted molar refractivity (Wildman–Crippen MR) is 151 cm³/mol. The lowest BCUT2D eigenvalue weighted by Gasteiger charge is -2.31. The lowest BCUT2D eigenvalue weighted by molar-refractivity contribution is -0.140. The summed E-state index contributed by atoms with van der Waals surface area (Å²) in [7, 11) is -3.53. The molecule has 0 saturated carbocycles. The number of benzene rings is 2. The van der Waals surface area contributed by atoms with Crippen LogP contribution in [0.25, 0.3) is 0 Å². The Kier molecular flexibility index (Phi) is 11.6. The van der Waals surface area contributed by atoms with Gasteiger partial charge in [-0.25, -0.2) is 8.42 Å². The SMILES string of the molecule is CCC(C(=O)NCC(C)C)N(CCc1ccccc1)C(=O)CCCN(c1cc(C)ccc1C)S(C)(=O)=O. The predicted octanol–water partition coefficient (Wildman–Crippen LogP) is 4.47. The van der Waals surface area contributed by atoms with Crippen LogP contribution < -0.4 is 9.62 Å². The highest BCUT2D eigenvalue weighted by atomic mass is 32.2. The van der Waals surface area contributed by atoms with E-state index in [2.05, 4.69) is 5.32 Å². The fraction of sp³-hybridized carbons (Fsp3) is 0.517. The van der Waals surface area contributed by atoms with Crippen LogP contribution in [0.4, 0.5) is 5.69 Å². The first kappa shape index (κ1) is 30.4. The molecular weight excluding hydrogens is 486 g/mol. The van der Waals surface area contributed by atoms with Crippen molar-refractivity contribution in [3.8, 4) is 0 Å². The van der Waals surface area contributed by atoms with Gasteiger partial charge in [0, 0.05) is 26.1 Å². The second-order valence-electron chi connectivity index (χ2n) is 10.1. The van der Waals surface area contributed by atoms with Crippen LogP contribution in [0.5, 0.6) is 0 Å². The van der Waals surface area contributed by atoms with Gasteiger partial charge in [-0.05, 0) is 61.8 Å². The van der Waals surface area contributed by atoms with Crippen molar-refractivity contribution in [1.82, 2.24) is 10.2 Å². The van der Waals surface area contributed by atoms with Crippen LogP contribution in [0.3, 0.4) is 0 Å². The first-order valence-corrected chi connectivity index (χ1v) is 14.9. The number of carbonyl (C=O) groups excluding carboxylic acids is 2. The van der Waals surface area contributed by atoms with Crippen molar-refractivity contribution in [1.29, 1.82) is 0 Å². The zero-order valence-electron chi connectivity index (χ0n) is 23.2. The number of carbonyl (C=O) groups is 2. The van der Waals surface area contributed by atoms with E-state index in [1.54, 1.807) is 4.90 Å². The zero-order chi connectivity index (χ0) is 27.6. The molecule has 0 fully saturated rings. The molecule has 7 nitrogen and oxygen atoms in total. The Labute approximate surface area is 223 Å². The highest BCUT2D eigenvalue weighted by Gasteiger charge is 2.28. The van der Waals surface area contributed by atoms with Gasteiger partial charge in [0.1, 0.15) is 6.04 Å². The Morgan fingerprint density at radius 2 is 1.68 bits per heavy atom. The maximum absolute atomic E-state index is 13.5. The first-order chi connectivity index (χ1) is 17.4. The van der Waals surface area contributed by atoms with Crippen LogP contribution in [0.15, 0.2) is 48.5 Å². The third-order valence-corrected chi connectivity index (χ3v) is 7.52. The molecule has 2 aromatic carbocycles. The molecular formula is C29H43N3O4S. The second-order valence-corrected chi connectivity index (χ2v) is 12.0. The number of rotatable bonds is 14. The summed E-state index contributed by atoms with van der Waals surface area (Å²) in [5, 5.41) is 2.97. The molecule has 1 unspecified atom stereocenters. The topological polar surface area (TPSA) is 86.8 Å². The number of aryl methyl sites for hydroxylation is 2. The van der Waals surface area contributed by atoms with Gasteiger partial charge in [0.2, 0.25) is 21.8 Å². The average molecular weight is 530 g/mol. The molecule has 37 heavy (non-hydrogen) atoms. The van der Waals surface area contributed by atoms with Crippen LogP contribution in [-0.2, 0) is 26.0 Å². The van der Waals surface area contributed by atoms with E-state index < -0.39 is 16.1 Å². The highest BCUT2D eigenvalue weighted by molar-refractivity contribution is 7.92. The third-order valence-electron chi connectivity index (χ3n) is 6.34. The monoisotopic (exact) mass is 529 g/mol. The van der Waals surface area contributed by atoms with E-state index in [-0.39, 0.29) is 24.8 Å². The molecule has 204 valence electrons. The average Bonchev–Trinajstić information content (AvgIpc) is 2.84. The van der Waals surface area contributed by atoms with Crippen molar-refractivity contribution in [2.45, 2.75) is 66.3 Å². The summed E-state index contributed by atoms with van der Waals surface area (Å²) >= 11 is 0. The summed E-state index contributed by atoms with van der Waals surface area (Å²) < 4.78 is 26.6. The van der Waals surface area contributed by atoms with E-state index in [1.807, 2.05) is 83.1 Å². The van der Waals surface area contributed by atoms with Crippen molar-refractivity contribution >= 4 is 27.5 Å². The summed E-state index contributed by atoms with van der Waals surface area (Å²) in [6, 6.07) is 15.0. The minimum absolute atomic E-state index is 0.142. The smallest absolute Gasteiger partial charge is 0.242 e. The number of hydrogen-bond donors (Lipinski definition) is 1. The Morgan fingerprint density at radius 3 is 2.27 bits per heavy atom. The molecule has 0 aliphatic heterocycles. The van der Waals surface area contributed by atoms with Gasteiger partial charge in [0.15, 0.2) is 0 Å². The quantitative estimate of drug-likeness (QED) is 0.391. The molecule has 0 bridgehead atoms. The first-order valence-electron chi connectivity index (χ1n) is 13.1. The molecule has 0 saturated heterocycles. The number of nitrogens with one attached hydrogen (secondary N) is 1. The van der Waals surface area contributed by atoms with Crippen molar-refractivity contribution in [2.75, 3.05) is 30.2 Å². The summed E-state index contributed by atoms with van der Waals surface area (Å²) in [5.41, 5.74) is 3.56. The standard InChI is InChI=1S/C29H43N3O4S/c1-7-26(29(34)30-21-22(2)3)31(19-17-25-12-9-8-10-13-25)28(33)14-11-18-32(37(6,35)36)27-20-23(4)15-16-24(27)5/h8-10,12-13,15-16,20,22,26H,7,11,14,17-19,21H2,1-6H3,(H,30,34). The molecule has 0 radical (unpaired) electrons. The van der Waals surface area contributed by atoms with Gasteiger partial charge in [-0.3, -0.25) is 13.9 Å². The van der Waals surface area contributed by atoms with E-state index in [0.29, 0.717) is 44.0 Å². The summed E-state index contributed by atoms with van der Waals surface area (Å²) in [5.74, 6) is 0.0182. The van der Waals surface area contributed by atoms with Gasteiger partial charge in [-0.1, -0.05) is 63.2 Å². The molecule has 2 aromatic rings. The number of anilines is 1. The molecule has 2 amide bonds. The molecule has 1 atom stereocenters. The van der Waals surface area contributed by atoms with Crippen molar-refractivity contribution in [3.05, 3.63) is 65.2 Å². The Morgan fingerprint density at radius 1 is 1.00 bits per heavy atom. The highest BCUT2D eigenvalue weighted by Crippen LogP contribution is 2.24. The van der Waals surface area contributed by atoms with Gasteiger partial charge >= 0.3 is 0 Å². The number of amides is 2. The minimum Gasteiger partial charge on any atom is -0.354 e. The van der Waals surface area contributed by atoms with Crippen molar-refractivity contribution in [3.63, 3.8) is 0 Å². The summed E-state index contributed by atoms with van der Waals surface area (Å²) in [6.07, 6.45) is 2.83. The Balaban J connectivity index is 2.18. The molecule has 0 aromatic heterocycles. The van der Waals surface area contributed by atoms with E-state index in [1.165, 1.54) is 10.6 Å². The molecule has 2 rings (SSSR count). The molecule has 0 aliphatic rings. The zero-order valence-corrected chi connectivity index (χ0v) is 24.0. The van der Waals surface area contributed by atoms with Crippen LogP contribution in [0.1, 0.15) is 56.7 Å². The molecule has 0 aliphatic carbocycles. The van der Waals surface area contributed by atoms with Gasteiger partial charge in [-0.2, -0.15) is 0 Å². The minimum atomic E-state index is -3.53. The van der Waals surface area contributed by atoms with Crippen LogP contribution in [-0.4, -0.2) is 57.1 Å². The molecule has 8 heteroatoms. The van der Waals surface area contributed by atoms with Gasteiger partial charge in [-0.15, -0.1) is 0 Å². The molecule has 0 heterocycles. The maximum atomic E-state index is 13.5. The van der Waals surface area contributed by atoms with Crippen molar-refractivity contribution < 1.29 is 18.0 Å². The third kappa shape index (κ3) is 9.50. The number of sulfonamides is 1. The normalized spacial score (nSPS) is 12.3. The second kappa shape index (κ2) is 14.2. The van der Waals surface area contributed by atoms with Gasteiger partial charge in [0.25, 0.3) is 0 Å². The Hall–Kier alpha value is -2.87. The van der Waals surface area contributed by atoms with Crippen LogP contribution >= 0.6 is 0 Å².